The lowest BCUT2D eigenvalue weighted by Gasteiger charge is -2.34. The Balaban J connectivity index is 1.31. The van der Waals surface area contributed by atoms with Crippen molar-refractivity contribution < 1.29 is 13.6 Å². The number of primary amides is 1. The molecule has 9 nitrogen and oxygen atoms in total. The van der Waals surface area contributed by atoms with Gasteiger partial charge in [-0.05, 0) is 56.7 Å². The molecule has 0 spiro atoms. The summed E-state index contributed by atoms with van der Waals surface area (Å²) in [5, 5.41) is 6.37. The fourth-order valence-corrected chi connectivity index (χ4v) is 6.18. The van der Waals surface area contributed by atoms with Crippen LogP contribution in [0.1, 0.15) is 44.6 Å². The summed E-state index contributed by atoms with van der Waals surface area (Å²) in [5.74, 6) is -1.31. The number of benzene rings is 2. The molecule has 0 radical (unpaired) electrons. The van der Waals surface area contributed by atoms with Gasteiger partial charge >= 0.3 is 0 Å². The van der Waals surface area contributed by atoms with Crippen LogP contribution in [0.4, 0.5) is 32.1 Å². The van der Waals surface area contributed by atoms with Crippen LogP contribution in [0.5, 0.6) is 0 Å². The molecule has 1 unspecified atom stereocenters. The summed E-state index contributed by atoms with van der Waals surface area (Å²) in [6.07, 6.45) is 6.23. The number of para-hydroxylation sites is 1. The summed E-state index contributed by atoms with van der Waals surface area (Å²) in [6.45, 7) is 1.80. The van der Waals surface area contributed by atoms with Crippen molar-refractivity contribution in [1.29, 1.82) is 0 Å². The molecule has 1 amide bonds. The number of imidazole rings is 1. The SMILES string of the molecule is NC(=O)C1CCC(n2c(Nc3c(F)cc(F)cc3Cl)nc3cnc(NC4CCCN(c5ccccc5)C4)nc32)CC1. The maximum absolute atomic E-state index is 14.7. The molecule has 1 aliphatic heterocycles. The minimum atomic E-state index is -0.834. The van der Waals surface area contributed by atoms with Crippen LogP contribution in [0.15, 0.2) is 48.7 Å². The van der Waals surface area contributed by atoms with E-state index in [1.807, 2.05) is 22.8 Å². The number of carbonyl (C=O) groups excluding carboxylic acids is 1. The molecule has 1 atom stereocenters. The van der Waals surface area contributed by atoms with E-state index in [4.69, 9.17) is 22.3 Å². The fourth-order valence-electron chi connectivity index (χ4n) is 5.94. The minimum Gasteiger partial charge on any atom is -0.369 e. The Bertz CT molecular complexity index is 1530. The van der Waals surface area contributed by atoms with Crippen LogP contribution in [0.2, 0.25) is 5.02 Å². The molecule has 4 N–H and O–H groups in total. The van der Waals surface area contributed by atoms with Gasteiger partial charge in [0.15, 0.2) is 11.5 Å². The molecule has 1 saturated carbocycles. The minimum absolute atomic E-state index is 0.0774. The van der Waals surface area contributed by atoms with Gasteiger partial charge in [-0.2, -0.15) is 4.98 Å². The number of hydrogen-bond donors (Lipinski definition) is 3. The number of aromatic nitrogens is 4. The number of amides is 1. The second kappa shape index (κ2) is 11.5. The van der Waals surface area contributed by atoms with Gasteiger partial charge in [-0.3, -0.25) is 9.36 Å². The first-order valence-corrected chi connectivity index (χ1v) is 14.3. The van der Waals surface area contributed by atoms with E-state index in [-0.39, 0.29) is 34.6 Å². The van der Waals surface area contributed by atoms with Crippen molar-refractivity contribution in [2.75, 3.05) is 28.6 Å². The monoisotopic (exact) mass is 580 g/mol. The van der Waals surface area contributed by atoms with Crippen molar-refractivity contribution in [2.24, 2.45) is 11.7 Å². The summed E-state index contributed by atoms with van der Waals surface area (Å²) in [6, 6.07) is 12.2. The number of anilines is 4. The number of rotatable bonds is 7. The smallest absolute Gasteiger partial charge is 0.225 e. The van der Waals surface area contributed by atoms with Crippen molar-refractivity contribution in [3.63, 3.8) is 0 Å². The average molecular weight is 581 g/mol. The number of nitrogens with two attached hydrogens (primary N) is 1. The standard InChI is InChI=1S/C29H31ClF2N8O/c30-22-13-18(31)14-23(32)25(22)37-29-36-24-15-34-28(35-19-5-4-12-39(16-19)20-6-2-1-3-7-20)38-27(24)40(29)21-10-8-17(9-11-21)26(33)41/h1-3,6-7,13-15,17,19,21H,4-5,8-12,16H2,(H2,33,41)(H,36,37)(H,34,35,38). The molecule has 2 fully saturated rings. The lowest BCUT2D eigenvalue weighted by atomic mass is 9.85. The third-order valence-electron chi connectivity index (χ3n) is 8.02. The van der Waals surface area contributed by atoms with Crippen LogP contribution in [0, 0.1) is 17.6 Å². The number of nitrogens with zero attached hydrogens (tertiary/aromatic N) is 5. The predicted octanol–water partition coefficient (Wildman–Crippen LogP) is 5.80. The maximum atomic E-state index is 14.7. The van der Waals surface area contributed by atoms with E-state index in [1.54, 1.807) is 6.20 Å². The molecule has 6 rings (SSSR count). The van der Waals surface area contributed by atoms with Crippen LogP contribution in [0.3, 0.4) is 0 Å². The highest BCUT2D eigenvalue weighted by atomic mass is 35.5. The van der Waals surface area contributed by atoms with Crippen LogP contribution >= 0.6 is 11.6 Å². The molecule has 214 valence electrons. The van der Waals surface area contributed by atoms with E-state index < -0.39 is 11.6 Å². The second-order valence-corrected chi connectivity index (χ2v) is 11.2. The molecule has 12 heteroatoms. The van der Waals surface area contributed by atoms with Crippen molar-refractivity contribution in [1.82, 2.24) is 19.5 Å². The van der Waals surface area contributed by atoms with Crippen molar-refractivity contribution in [3.8, 4) is 0 Å². The molecule has 0 bridgehead atoms. The maximum Gasteiger partial charge on any atom is 0.225 e. The zero-order chi connectivity index (χ0) is 28.5. The van der Waals surface area contributed by atoms with Crippen molar-refractivity contribution in [2.45, 2.75) is 50.6 Å². The first kappa shape index (κ1) is 27.2. The topological polar surface area (TPSA) is 114 Å². The quantitative estimate of drug-likeness (QED) is 0.253. The first-order valence-electron chi connectivity index (χ1n) is 13.9. The summed E-state index contributed by atoms with van der Waals surface area (Å²) in [7, 11) is 0. The van der Waals surface area contributed by atoms with Gasteiger partial charge < -0.3 is 21.3 Å². The highest BCUT2D eigenvalue weighted by Gasteiger charge is 2.30. The molecule has 2 aliphatic rings. The second-order valence-electron chi connectivity index (χ2n) is 10.8. The molecule has 4 aromatic rings. The van der Waals surface area contributed by atoms with Crippen LogP contribution in [-0.2, 0) is 4.79 Å². The molecule has 41 heavy (non-hydrogen) atoms. The molecular weight excluding hydrogens is 550 g/mol. The fraction of sp³-hybridized carbons (Fsp3) is 0.379. The number of halogens is 3. The number of fused-ring (bicyclic) bond motifs is 1. The van der Waals surface area contributed by atoms with Gasteiger partial charge in [0.2, 0.25) is 17.8 Å². The Hall–Kier alpha value is -3.99. The molecule has 3 heterocycles. The molecule has 1 aliphatic carbocycles. The lowest BCUT2D eigenvalue weighted by Crippen LogP contribution is -2.42. The number of nitrogens with one attached hydrogen (secondary N) is 2. The van der Waals surface area contributed by atoms with E-state index in [1.165, 1.54) is 5.69 Å². The lowest BCUT2D eigenvalue weighted by molar-refractivity contribution is -0.122. The summed E-state index contributed by atoms with van der Waals surface area (Å²) in [4.78, 5) is 28.2. The number of carbonyl (C=O) groups is 1. The molecule has 2 aromatic carbocycles. The average Bonchev–Trinajstić information content (AvgIpc) is 3.33. The number of piperidine rings is 1. The Labute approximate surface area is 241 Å². The van der Waals surface area contributed by atoms with Gasteiger partial charge in [-0.1, -0.05) is 29.8 Å². The third kappa shape index (κ3) is 5.76. The van der Waals surface area contributed by atoms with Crippen LogP contribution in [0.25, 0.3) is 11.2 Å². The van der Waals surface area contributed by atoms with E-state index in [9.17, 15) is 13.6 Å². The highest BCUT2D eigenvalue weighted by molar-refractivity contribution is 6.33. The summed E-state index contributed by atoms with van der Waals surface area (Å²) >= 11 is 6.19. The first-order chi connectivity index (χ1) is 19.9. The van der Waals surface area contributed by atoms with E-state index in [0.29, 0.717) is 48.7 Å². The normalized spacial score (nSPS) is 21.1. The Morgan fingerprint density at radius 2 is 1.83 bits per heavy atom. The Kier molecular flexibility index (Phi) is 7.61. The zero-order valence-electron chi connectivity index (χ0n) is 22.4. The van der Waals surface area contributed by atoms with Gasteiger partial charge in [0.25, 0.3) is 0 Å². The van der Waals surface area contributed by atoms with Gasteiger partial charge in [0, 0.05) is 42.8 Å². The predicted molar refractivity (Wildman–Crippen MR) is 155 cm³/mol. The highest BCUT2D eigenvalue weighted by Crippen LogP contribution is 2.38. The van der Waals surface area contributed by atoms with Crippen LogP contribution in [-0.4, -0.2) is 44.6 Å². The largest absolute Gasteiger partial charge is 0.369 e. The zero-order valence-corrected chi connectivity index (χ0v) is 23.1. The van der Waals surface area contributed by atoms with Crippen LogP contribution < -0.4 is 21.3 Å². The number of hydrogen-bond acceptors (Lipinski definition) is 7. The van der Waals surface area contributed by atoms with E-state index >= 15 is 0 Å². The van der Waals surface area contributed by atoms with Gasteiger partial charge in [-0.15, -0.1) is 0 Å². The Morgan fingerprint density at radius 1 is 1.05 bits per heavy atom. The summed E-state index contributed by atoms with van der Waals surface area (Å²) in [5.41, 5.74) is 7.76. The van der Waals surface area contributed by atoms with Gasteiger partial charge in [-0.25, -0.2) is 18.7 Å². The molecule has 1 saturated heterocycles. The Morgan fingerprint density at radius 3 is 2.56 bits per heavy atom. The van der Waals surface area contributed by atoms with E-state index in [2.05, 4.69) is 37.6 Å². The van der Waals surface area contributed by atoms with Crippen molar-refractivity contribution >= 4 is 51.9 Å². The van der Waals surface area contributed by atoms with Gasteiger partial charge in [0.1, 0.15) is 11.3 Å². The molecular formula is C29H31ClF2N8O. The summed E-state index contributed by atoms with van der Waals surface area (Å²) < 4.78 is 30.3. The van der Waals surface area contributed by atoms with Crippen molar-refractivity contribution in [3.05, 3.63) is 65.3 Å². The molecule has 2 aromatic heterocycles. The third-order valence-corrected chi connectivity index (χ3v) is 8.31. The van der Waals surface area contributed by atoms with E-state index in [0.717, 1.165) is 38.1 Å². The van der Waals surface area contributed by atoms with Gasteiger partial charge in [0.05, 0.1) is 16.9 Å².